The molecule has 0 amide bonds. The highest BCUT2D eigenvalue weighted by Crippen LogP contribution is 2.20. The molecule has 116 valence electrons. The Hall–Kier alpha value is -0.780. The Morgan fingerprint density at radius 1 is 1.14 bits per heavy atom. The van der Waals surface area contributed by atoms with Crippen LogP contribution in [0.4, 0.5) is 5.82 Å². The summed E-state index contributed by atoms with van der Waals surface area (Å²) in [5.74, 6) is 2.41. The van der Waals surface area contributed by atoms with Gasteiger partial charge < -0.3 is 10.2 Å². The summed E-state index contributed by atoms with van der Waals surface area (Å²) in [7, 11) is 0. The van der Waals surface area contributed by atoms with Crippen molar-refractivity contribution in [2.75, 3.05) is 56.5 Å². The summed E-state index contributed by atoms with van der Waals surface area (Å²) in [5, 5.41) is 4.33. The van der Waals surface area contributed by atoms with E-state index in [1.807, 2.05) is 12.3 Å². The van der Waals surface area contributed by atoms with Gasteiger partial charge in [-0.15, -0.1) is 0 Å². The zero-order chi connectivity index (χ0) is 14.3. The van der Waals surface area contributed by atoms with Crippen LogP contribution in [0.2, 0.25) is 0 Å². The van der Waals surface area contributed by atoms with E-state index in [0.717, 1.165) is 24.2 Å². The third-order valence-corrected chi connectivity index (χ3v) is 5.75. The first-order valence-electron chi connectivity index (χ1n) is 8.12. The Balaban J connectivity index is 1.34. The van der Waals surface area contributed by atoms with Gasteiger partial charge in [-0.1, -0.05) is 6.07 Å². The monoisotopic (exact) mass is 306 g/mol. The van der Waals surface area contributed by atoms with Crippen LogP contribution in [0.1, 0.15) is 12.8 Å². The molecule has 0 aromatic carbocycles. The second-order valence-corrected chi connectivity index (χ2v) is 7.25. The molecule has 4 nitrogen and oxygen atoms in total. The molecule has 2 saturated heterocycles. The van der Waals surface area contributed by atoms with Gasteiger partial charge in [-0.25, -0.2) is 4.98 Å². The minimum Gasteiger partial charge on any atom is -0.354 e. The fourth-order valence-corrected chi connectivity index (χ4v) is 4.32. The van der Waals surface area contributed by atoms with E-state index in [4.69, 9.17) is 0 Å². The predicted octanol–water partition coefficient (Wildman–Crippen LogP) is 1.69. The summed E-state index contributed by atoms with van der Waals surface area (Å²) >= 11 is 2.18. The number of hydrogen-bond donors (Lipinski definition) is 1. The second kappa shape index (κ2) is 8.01. The van der Waals surface area contributed by atoms with Gasteiger partial charge in [-0.05, 0) is 38.1 Å². The van der Waals surface area contributed by atoms with E-state index in [-0.39, 0.29) is 0 Å². The fourth-order valence-electron chi connectivity index (χ4n) is 3.05. The Kier molecular flexibility index (Phi) is 5.77. The smallest absolute Gasteiger partial charge is 0.128 e. The summed E-state index contributed by atoms with van der Waals surface area (Å²) in [5.41, 5.74) is 0. The highest BCUT2D eigenvalue weighted by atomic mass is 32.2. The molecule has 1 N–H and O–H groups in total. The van der Waals surface area contributed by atoms with E-state index in [1.165, 1.54) is 51.3 Å². The van der Waals surface area contributed by atoms with Crippen molar-refractivity contribution in [2.24, 2.45) is 0 Å². The number of piperazine rings is 1. The van der Waals surface area contributed by atoms with Crippen LogP contribution in [0.3, 0.4) is 0 Å². The molecule has 3 heterocycles. The highest BCUT2D eigenvalue weighted by Gasteiger charge is 2.18. The summed E-state index contributed by atoms with van der Waals surface area (Å²) in [4.78, 5) is 9.45. The molecule has 3 rings (SSSR count). The molecule has 0 unspecified atom stereocenters. The van der Waals surface area contributed by atoms with Gasteiger partial charge >= 0.3 is 0 Å². The SMILES string of the molecule is c1ccc(N2CCN(CCSC3CCNCC3)CC2)nc1. The summed E-state index contributed by atoms with van der Waals surface area (Å²) in [6.07, 6.45) is 4.58. The fraction of sp³-hybridized carbons (Fsp3) is 0.688. The first kappa shape index (κ1) is 15.1. The number of thioether (sulfide) groups is 1. The summed E-state index contributed by atoms with van der Waals surface area (Å²) in [6, 6.07) is 6.17. The maximum atomic E-state index is 4.45. The van der Waals surface area contributed by atoms with Crippen molar-refractivity contribution in [1.82, 2.24) is 15.2 Å². The molecule has 1 aromatic rings. The van der Waals surface area contributed by atoms with Crippen molar-refractivity contribution < 1.29 is 0 Å². The standard InChI is InChI=1S/C16H26N4S/c1-2-6-18-16(3-1)20-11-9-19(10-12-20)13-14-21-15-4-7-17-8-5-15/h1-3,6,15,17H,4-5,7-14H2. The Bertz CT molecular complexity index is 400. The minimum absolute atomic E-state index is 0.890. The van der Waals surface area contributed by atoms with E-state index in [9.17, 15) is 0 Å². The molecule has 2 aliphatic rings. The Morgan fingerprint density at radius 2 is 1.95 bits per heavy atom. The van der Waals surface area contributed by atoms with Crippen LogP contribution >= 0.6 is 11.8 Å². The predicted molar refractivity (Wildman–Crippen MR) is 91.2 cm³/mol. The highest BCUT2D eigenvalue weighted by molar-refractivity contribution is 7.99. The first-order valence-corrected chi connectivity index (χ1v) is 9.17. The number of nitrogens with one attached hydrogen (secondary N) is 1. The van der Waals surface area contributed by atoms with Crippen molar-refractivity contribution in [3.63, 3.8) is 0 Å². The molecule has 21 heavy (non-hydrogen) atoms. The van der Waals surface area contributed by atoms with Crippen LogP contribution in [0, 0.1) is 0 Å². The number of anilines is 1. The van der Waals surface area contributed by atoms with E-state index in [2.05, 4.69) is 44.0 Å². The normalized spacial score (nSPS) is 21.6. The zero-order valence-corrected chi connectivity index (χ0v) is 13.5. The summed E-state index contributed by atoms with van der Waals surface area (Å²) < 4.78 is 0. The Labute approximate surface area is 132 Å². The van der Waals surface area contributed by atoms with Gasteiger partial charge in [0.1, 0.15) is 5.82 Å². The van der Waals surface area contributed by atoms with Gasteiger partial charge in [0.15, 0.2) is 0 Å². The van der Waals surface area contributed by atoms with Crippen molar-refractivity contribution in [3.05, 3.63) is 24.4 Å². The van der Waals surface area contributed by atoms with E-state index in [1.54, 1.807) is 0 Å². The maximum Gasteiger partial charge on any atom is 0.128 e. The number of hydrogen-bond acceptors (Lipinski definition) is 5. The Morgan fingerprint density at radius 3 is 2.67 bits per heavy atom. The van der Waals surface area contributed by atoms with Crippen LogP contribution in [-0.2, 0) is 0 Å². The lowest BCUT2D eigenvalue weighted by Crippen LogP contribution is -2.47. The molecule has 0 atom stereocenters. The van der Waals surface area contributed by atoms with Gasteiger partial charge in [0.25, 0.3) is 0 Å². The zero-order valence-electron chi connectivity index (χ0n) is 12.7. The van der Waals surface area contributed by atoms with Crippen LogP contribution in [0.15, 0.2) is 24.4 Å². The van der Waals surface area contributed by atoms with Crippen LogP contribution < -0.4 is 10.2 Å². The van der Waals surface area contributed by atoms with Gasteiger partial charge in [-0.3, -0.25) is 4.90 Å². The number of piperidine rings is 1. The molecule has 0 saturated carbocycles. The van der Waals surface area contributed by atoms with Crippen molar-refractivity contribution in [2.45, 2.75) is 18.1 Å². The topological polar surface area (TPSA) is 31.4 Å². The lowest BCUT2D eigenvalue weighted by atomic mass is 10.2. The molecule has 0 aliphatic carbocycles. The van der Waals surface area contributed by atoms with E-state index < -0.39 is 0 Å². The number of aromatic nitrogens is 1. The van der Waals surface area contributed by atoms with Gasteiger partial charge in [0, 0.05) is 49.9 Å². The lowest BCUT2D eigenvalue weighted by molar-refractivity contribution is 0.272. The number of nitrogens with zero attached hydrogens (tertiary/aromatic N) is 3. The van der Waals surface area contributed by atoms with Crippen molar-refractivity contribution >= 4 is 17.6 Å². The molecule has 0 radical (unpaired) electrons. The molecule has 0 spiro atoms. The molecule has 2 aliphatic heterocycles. The average molecular weight is 306 g/mol. The molecule has 0 bridgehead atoms. The number of rotatable bonds is 5. The molecule has 2 fully saturated rings. The summed E-state index contributed by atoms with van der Waals surface area (Å²) in [6.45, 7) is 8.21. The largest absolute Gasteiger partial charge is 0.354 e. The van der Waals surface area contributed by atoms with E-state index >= 15 is 0 Å². The molecule has 5 heteroatoms. The van der Waals surface area contributed by atoms with Gasteiger partial charge in [0.2, 0.25) is 0 Å². The molecular formula is C16H26N4S. The maximum absolute atomic E-state index is 4.45. The molecular weight excluding hydrogens is 280 g/mol. The third-order valence-electron chi connectivity index (χ3n) is 4.39. The van der Waals surface area contributed by atoms with Crippen LogP contribution in [0.5, 0.6) is 0 Å². The van der Waals surface area contributed by atoms with E-state index in [0.29, 0.717) is 0 Å². The molecule has 1 aromatic heterocycles. The lowest BCUT2D eigenvalue weighted by Gasteiger charge is -2.35. The first-order chi connectivity index (χ1) is 10.4. The number of pyridine rings is 1. The van der Waals surface area contributed by atoms with Gasteiger partial charge in [-0.2, -0.15) is 11.8 Å². The van der Waals surface area contributed by atoms with Gasteiger partial charge in [0.05, 0.1) is 0 Å². The van der Waals surface area contributed by atoms with Crippen LogP contribution in [0.25, 0.3) is 0 Å². The van der Waals surface area contributed by atoms with Crippen LogP contribution in [-0.4, -0.2) is 66.7 Å². The average Bonchev–Trinajstić information content (AvgIpc) is 2.57. The quantitative estimate of drug-likeness (QED) is 0.895. The van der Waals surface area contributed by atoms with Crippen molar-refractivity contribution in [1.29, 1.82) is 0 Å². The van der Waals surface area contributed by atoms with Crippen molar-refractivity contribution in [3.8, 4) is 0 Å². The second-order valence-electron chi connectivity index (χ2n) is 5.84. The third kappa shape index (κ3) is 4.59. The minimum atomic E-state index is 0.890.